The van der Waals surface area contributed by atoms with Gasteiger partial charge in [-0.25, -0.2) is 0 Å². The maximum atomic E-state index is 6.98. The summed E-state index contributed by atoms with van der Waals surface area (Å²) in [5.74, 6) is 0. The van der Waals surface area contributed by atoms with E-state index >= 15 is 0 Å². The van der Waals surface area contributed by atoms with Crippen molar-refractivity contribution in [3.8, 4) is 0 Å². The van der Waals surface area contributed by atoms with Crippen LogP contribution in [-0.2, 0) is 0 Å². The van der Waals surface area contributed by atoms with Crippen LogP contribution in [0.4, 0.5) is 0 Å². The Labute approximate surface area is 124 Å². The molecule has 0 bridgehead atoms. The Morgan fingerprint density at radius 1 is 1.15 bits per heavy atom. The summed E-state index contributed by atoms with van der Waals surface area (Å²) < 4.78 is 0. The monoisotopic (exact) mass is 269 g/mol. The van der Waals surface area contributed by atoms with Crippen molar-refractivity contribution < 1.29 is 0 Å². The number of allylic oxidation sites excluding steroid dienone is 10. The van der Waals surface area contributed by atoms with Gasteiger partial charge in [-0.1, -0.05) is 55.9 Å². The lowest BCUT2D eigenvalue weighted by Gasteiger charge is -2.32. The van der Waals surface area contributed by atoms with Gasteiger partial charge in [-0.05, 0) is 55.7 Å². The zero-order valence-electron chi connectivity index (χ0n) is 13.2. The first kappa shape index (κ1) is 16.4. The van der Waals surface area contributed by atoms with Gasteiger partial charge in [-0.3, -0.25) is 0 Å². The smallest absolute Gasteiger partial charge is 0.0180 e. The van der Waals surface area contributed by atoms with Crippen LogP contribution in [0.25, 0.3) is 0 Å². The fourth-order valence-electron chi connectivity index (χ4n) is 2.68. The fourth-order valence-corrected chi connectivity index (χ4v) is 2.68. The Kier molecular flexibility index (Phi) is 6.44. The van der Waals surface area contributed by atoms with Crippen molar-refractivity contribution in [1.29, 1.82) is 5.41 Å². The third-order valence-electron chi connectivity index (χ3n) is 3.84. The van der Waals surface area contributed by atoms with E-state index in [4.69, 9.17) is 5.41 Å². The third-order valence-corrected chi connectivity index (χ3v) is 3.84. The minimum Gasteiger partial charge on any atom is -0.309 e. The quantitative estimate of drug-likeness (QED) is 0.483. The number of nitrogens with one attached hydrogen (secondary N) is 1. The first-order valence-electron chi connectivity index (χ1n) is 7.36. The highest BCUT2D eigenvalue weighted by atomic mass is 14.3. The summed E-state index contributed by atoms with van der Waals surface area (Å²) in [7, 11) is 0. The maximum absolute atomic E-state index is 6.98. The average molecular weight is 269 g/mol. The van der Waals surface area contributed by atoms with E-state index in [9.17, 15) is 0 Å². The second-order valence-electron chi connectivity index (χ2n) is 6.11. The highest BCUT2D eigenvalue weighted by molar-refractivity contribution is 5.69. The zero-order valence-corrected chi connectivity index (χ0v) is 13.2. The molecule has 1 heteroatoms. The average Bonchev–Trinajstić information content (AvgIpc) is 2.36. The normalized spacial score (nSPS) is 20.5. The minimum absolute atomic E-state index is 0.311. The molecule has 0 atom stereocenters. The van der Waals surface area contributed by atoms with Crippen LogP contribution in [-0.4, -0.2) is 6.21 Å². The molecule has 0 unspecified atom stereocenters. The fraction of sp³-hybridized carbons (Fsp3) is 0.421. The van der Waals surface area contributed by atoms with E-state index in [0.29, 0.717) is 5.41 Å². The highest BCUT2D eigenvalue weighted by Gasteiger charge is 2.26. The van der Waals surface area contributed by atoms with Crippen molar-refractivity contribution in [2.45, 2.75) is 47.0 Å². The second-order valence-corrected chi connectivity index (χ2v) is 6.11. The summed E-state index contributed by atoms with van der Waals surface area (Å²) >= 11 is 0. The lowest BCUT2D eigenvalue weighted by atomic mass is 9.73. The molecule has 0 aliphatic heterocycles. The predicted molar refractivity (Wildman–Crippen MR) is 90.3 cm³/mol. The summed E-state index contributed by atoms with van der Waals surface area (Å²) in [5.41, 5.74) is 4.43. The van der Waals surface area contributed by atoms with Gasteiger partial charge in [0, 0.05) is 6.21 Å². The van der Waals surface area contributed by atoms with Gasteiger partial charge < -0.3 is 5.41 Å². The van der Waals surface area contributed by atoms with Gasteiger partial charge in [0.2, 0.25) is 0 Å². The summed E-state index contributed by atoms with van der Waals surface area (Å²) in [6, 6.07) is 0. The molecule has 0 fully saturated rings. The second kappa shape index (κ2) is 7.84. The summed E-state index contributed by atoms with van der Waals surface area (Å²) in [6.07, 6.45) is 19.4. The Balaban J connectivity index is 2.65. The van der Waals surface area contributed by atoms with Gasteiger partial charge in [0.25, 0.3) is 0 Å². The van der Waals surface area contributed by atoms with Crippen molar-refractivity contribution in [2.75, 3.05) is 0 Å². The van der Waals surface area contributed by atoms with Crippen LogP contribution in [0.3, 0.4) is 0 Å². The molecule has 0 saturated carbocycles. The van der Waals surface area contributed by atoms with E-state index in [1.165, 1.54) is 36.6 Å². The Hall–Kier alpha value is -1.63. The van der Waals surface area contributed by atoms with E-state index in [1.807, 2.05) is 25.2 Å². The van der Waals surface area contributed by atoms with Crippen LogP contribution in [0.1, 0.15) is 47.0 Å². The Morgan fingerprint density at radius 2 is 1.85 bits per heavy atom. The molecule has 1 rings (SSSR count). The van der Waals surface area contributed by atoms with Gasteiger partial charge in [0.05, 0.1) is 0 Å². The molecular weight excluding hydrogens is 242 g/mol. The third kappa shape index (κ3) is 5.16. The molecule has 1 nitrogen and oxygen atoms in total. The number of hydrogen-bond donors (Lipinski definition) is 1. The van der Waals surface area contributed by atoms with Crippen LogP contribution < -0.4 is 0 Å². The van der Waals surface area contributed by atoms with Gasteiger partial charge in [0.15, 0.2) is 0 Å². The van der Waals surface area contributed by atoms with Crippen LogP contribution in [0.2, 0.25) is 0 Å². The lowest BCUT2D eigenvalue weighted by Crippen LogP contribution is -2.18. The zero-order chi connectivity index (χ0) is 15.0. The molecule has 0 aromatic rings. The molecule has 1 aliphatic rings. The van der Waals surface area contributed by atoms with Gasteiger partial charge in [0.1, 0.15) is 0 Å². The highest BCUT2D eigenvalue weighted by Crippen LogP contribution is 2.40. The molecule has 0 radical (unpaired) electrons. The van der Waals surface area contributed by atoms with Gasteiger partial charge in [-0.2, -0.15) is 0 Å². The molecule has 20 heavy (non-hydrogen) atoms. The number of hydrogen-bond acceptors (Lipinski definition) is 1. The molecule has 1 aliphatic carbocycles. The van der Waals surface area contributed by atoms with Crippen LogP contribution >= 0.6 is 0 Å². The van der Waals surface area contributed by atoms with Crippen molar-refractivity contribution in [1.82, 2.24) is 0 Å². The van der Waals surface area contributed by atoms with Crippen molar-refractivity contribution >= 4 is 6.21 Å². The van der Waals surface area contributed by atoms with Crippen molar-refractivity contribution in [2.24, 2.45) is 5.41 Å². The first-order valence-corrected chi connectivity index (χ1v) is 7.36. The summed E-state index contributed by atoms with van der Waals surface area (Å²) in [6.45, 7) is 8.93. The first-order chi connectivity index (χ1) is 9.47. The maximum Gasteiger partial charge on any atom is 0.0180 e. The van der Waals surface area contributed by atoms with Gasteiger partial charge in [-0.15, -0.1) is 0 Å². The van der Waals surface area contributed by atoms with E-state index in [-0.39, 0.29) is 0 Å². The van der Waals surface area contributed by atoms with Crippen LogP contribution in [0.15, 0.2) is 59.3 Å². The molecular formula is C19H27N. The Bertz CT molecular complexity index is 482. The van der Waals surface area contributed by atoms with Crippen LogP contribution in [0.5, 0.6) is 0 Å². The van der Waals surface area contributed by atoms with E-state index < -0.39 is 0 Å². The van der Waals surface area contributed by atoms with E-state index in [2.05, 4.69) is 39.0 Å². The lowest BCUT2D eigenvalue weighted by molar-refractivity contribution is 0.377. The molecule has 0 aromatic heterocycles. The molecule has 0 aromatic carbocycles. The Morgan fingerprint density at radius 3 is 2.50 bits per heavy atom. The van der Waals surface area contributed by atoms with E-state index in [1.54, 1.807) is 6.08 Å². The van der Waals surface area contributed by atoms with Crippen molar-refractivity contribution in [3.05, 3.63) is 59.3 Å². The summed E-state index contributed by atoms with van der Waals surface area (Å²) in [5, 5.41) is 6.98. The van der Waals surface area contributed by atoms with Crippen molar-refractivity contribution in [3.63, 3.8) is 0 Å². The number of rotatable bonds is 5. The molecule has 0 heterocycles. The largest absolute Gasteiger partial charge is 0.309 e. The predicted octanol–water partition coefficient (Wildman–Crippen LogP) is 5.78. The molecule has 1 N–H and O–H groups in total. The summed E-state index contributed by atoms with van der Waals surface area (Å²) in [4.78, 5) is 0. The topological polar surface area (TPSA) is 23.9 Å². The van der Waals surface area contributed by atoms with E-state index in [0.717, 1.165) is 5.57 Å². The standard InChI is InChI=1S/C19H27N/c1-16(13-15-20)10-7-5-6-8-12-18-17(2)11-9-14-19(18,3)4/h5-8,10,12-13,15,20H,9,11,14H2,1-4H3/b6-5+,10-7-,12-8+,16-13+,20-15?. The SMILES string of the molecule is CC1=C(/C=C/C=C/C=C\C(C)=C\C=N)C(C)(C)CCC1. The molecule has 0 spiro atoms. The minimum atomic E-state index is 0.311. The van der Waals surface area contributed by atoms with Crippen LogP contribution in [0, 0.1) is 10.8 Å². The van der Waals surface area contributed by atoms with Gasteiger partial charge >= 0.3 is 0 Å². The molecule has 0 saturated heterocycles. The molecule has 108 valence electrons. The molecule has 0 amide bonds.